The molecule has 0 amide bonds. The first-order chi connectivity index (χ1) is 10.2. The molecule has 6 heteroatoms. The lowest BCUT2D eigenvalue weighted by Gasteiger charge is -2.15. The molecule has 0 atom stereocenters. The van der Waals surface area contributed by atoms with Crippen molar-refractivity contribution in [2.75, 3.05) is 33.9 Å². The van der Waals surface area contributed by atoms with E-state index < -0.39 is 0 Å². The monoisotopic (exact) mass is 421 g/mol. The third-order valence-electron chi connectivity index (χ3n) is 2.98. The number of ether oxygens (including phenoxy) is 2. The largest absolute Gasteiger partial charge is 0.491 e. The lowest BCUT2D eigenvalue weighted by Crippen LogP contribution is -2.37. The van der Waals surface area contributed by atoms with E-state index in [-0.39, 0.29) is 24.0 Å². The Labute approximate surface area is 150 Å². The zero-order chi connectivity index (χ0) is 15.5. The predicted molar refractivity (Wildman–Crippen MR) is 102 cm³/mol. The van der Waals surface area contributed by atoms with Crippen LogP contribution in [0.2, 0.25) is 0 Å². The molecule has 0 bridgehead atoms. The minimum absolute atomic E-state index is 0. The topological polar surface area (TPSA) is 54.9 Å². The van der Waals surface area contributed by atoms with Crippen LogP contribution >= 0.6 is 24.0 Å². The standard InChI is InChI=1S/C16H27N3O2.HI/c1-5-8-18-16(17-3)19-12-14-7-6-13(2)11-15(14)21-10-9-20-4;/h6-7,11H,5,8-10,12H2,1-4H3,(H2,17,18,19);1H. The molecule has 22 heavy (non-hydrogen) atoms. The van der Waals surface area contributed by atoms with Crippen molar-refractivity contribution in [1.82, 2.24) is 10.6 Å². The van der Waals surface area contributed by atoms with Crippen LogP contribution in [0.3, 0.4) is 0 Å². The Hall–Kier alpha value is -1.02. The van der Waals surface area contributed by atoms with Crippen molar-refractivity contribution in [2.24, 2.45) is 4.99 Å². The SMILES string of the molecule is CCCNC(=NC)NCc1ccc(C)cc1OCCOC.I. The number of benzene rings is 1. The summed E-state index contributed by atoms with van der Waals surface area (Å²) < 4.78 is 10.8. The Kier molecular flexibility index (Phi) is 11.9. The number of rotatable bonds is 8. The molecule has 1 aromatic rings. The van der Waals surface area contributed by atoms with Gasteiger partial charge in [0.25, 0.3) is 0 Å². The minimum Gasteiger partial charge on any atom is -0.491 e. The van der Waals surface area contributed by atoms with Crippen molar-refractivity contribution in [2.45, 2.75) is 26.8 Å². The number of hydrogen-bond acceptors (Lipinski definition) is 3. The summed E-state index contributed by atoms with van der Waals surface area (Å²) in [5.74, 6) is 1.70. The average molecular weight is 421 g/mol. The zero-order valence-corrected chi connectivity index (χ0v) is 16.3. The van der Waals surface area contributed by atoms with Crippen molar-refractivity contribution in [3.05, 3.63) is 29.3 Å². The van der Waals surface area contributed by atoms with E-state index >= 15 is 0 Å². The molecule has 0 radical (unpaired) electrons. The Morgan fingerprint density at radius 2 is 2.00 bits per heavy atom. The summed E-state index contributed by atoms with van der Waals surface area (Å²) in [6.07, 6.45) is 1.07. The third kappa shape index (κ3) is 7.84. The van der Waals surface area contributed by atoms with Crippen LogP contribution in [0.4, 0.5) is 0 Å². The van der Waals surface area contributed by atoms with Crippen LogP contribution in [0, 0.1) is 6.92 Å². The van der Waals surface area contributed by atoms with Crippen LogP contribution in [-0.2, 0) is 11.3 Å². The molecule has 0 unspecified atom stereocenters. The number of nitrogens with one attached hydrogen (secondary N) is 2. The number of methoxy groups -OCH3 is 1. The van der Waals surface area contributed by atoms with Gasteiger partial charge in [-0.3, -0.25) is 4.99 Å². The number of hydrogen-bond donors (Lipinski definition) is 2. The van der Waals surface area contributed by atoms with Gasteiger partial charge in [-0.25, -0.2) is 0 Å². The second-order valence-corrected chi connectivity index (χ2v) is 4.80. The number of aryl methyl sites for hydroxylation is 1. The molecule has 2 N–H and O–H groups in total. The Balaban J connectivity index is 0.00000441. The molecular formula is C16H28IN3O2. The normalized spacial score (nSPS) is 10.8. The van der Waals surface area contributed by atoms with Crippen molar-refractivity contribution in [3.63, 3.8) is 0 Å². The highest BCUT2D eigenvalue weighted by molar-refractivity contribution is 14.0. The molecule has 0 saturated carbocycles. The van der Waals surface area contributed by atoms with Crippen LogP contribution < -0.4 is 15.4 Å². The molecule has 0 aromatic heterocycles. The zero-order valence-electron chi connectivity index (χ0n) is 13.9. The van der Waals surface area contributed by atoms with Gasteiger partial charge in [0.05, 0.1) is 6.61 Å². The summed E-state index contributed by atoms with van der Waals surface area (Å²) in [6, 6.07) is 6.22. The summed E-state index contributed by atoms with van der Waals surface area (Å²) in [5, 5.41) is 6.55. The summed E-state index contributed by atoms with van der Waals surface area (Å²) in [5.41, 5.74) is 2.29. The van der Waals surface area contributed by atoms with Gasteiger partial charge in [-0.1, -0.05) is 19.1 Å². The maximum Gasteiger partial charge on any atom is 0.191 e. The third-order valence-corrected chi connectivity index (χ3v) is 2.98. The first kappa shape index (κ1) is 21.0. The summed E-state index contributed by atoms with van der Waals surface area (Å²) >= 11 is 0. The van der Waals surface area contributed by atoms with Gasteiger partial charge in [-0.2, -0.15) is 0 Å². The van der Waals surface area contributed by atoms with Gasteiger partial charge < -0.3 is 20.1 Å². The summed E-state index contributed by atoms with van der Waals surface area (Å²) in [4.78, 5) is 4.20. The van der Waals surface area contributed by atoms with Crippen LogP contribution in [-0.4, -0.2) is 39.9 Å². The Bertz CT molecular complexity index is 453. The highest BCUT2D eigenvalue weighted by Gasteiger charge is 2.05. The minimum atomic E-state index is 0. The smallest absolute Gasteiger partial charge is 0.191 e. The molecule has 0 heterocycles. The summed E-state index contributed by atoms with van der Waals surface area (Å²) in [6.45, 7) is 6.90. The van der Waals surface area contributed by atoms with E-state index in [1.807, 2.05) is 0 Å². The fraction of sp³-hybridized carbons (Fsp3) is 0.562. The molecule has 0 aliphatic heterocycles. The van der Waals surface area contributed by atoms with Gasteiger partial charge in [0.15, 0.2) is 5.96 Å². The van der Waals surface area contributed by atoms with E-state index in [0.717, 1.165) is 30.2 Å². The molecule has 0 saturated heterocycles. The van der Waals surface area contributed by atoms with Crippen molar-refractivity contribution in [3.8, 4) is 5.75 Å². The van der Waals surface area contributed by atoms with Crippen LogP contribution in [0.1, 0.15) is 24.5 Å². The first-order valence-corrected chi connectivity index (χ1v) is 7.37. The molecule has 0 aliphatic carbocycles. The number of nitrogens with zero attached hydrogens (tertiary/aromatic N) is 1. The average Bonchev–Trinajstić information content (AvgIpc) is 2.49. The van der Waals surface area contributed by atoms with E-state index in [4.69, 9.17) is 9.47 Å². The van der Waals surface area contributed by atoms with Crippen LogP contribution in [0.5, 0.6) is 5.75 Å². The molecule has 126 valence electrons. The fourth-order valence-electron chi connectivity index (χ4n) is 1.82. The number of halogens is 1. The molecule has 0 fully saturated rings. The molecule has 1 rings (SSSR count). The van der Waals surface area contributed by atoms with Gasteiger partial charge in [0.1, 0.15) is 12.4 Å². The van der Waals surface area contributed by atoms with Crippen molar-refractivity contribution >= 4 is 29.9 Å². The van der Waals surface area contributed by atoms with E-state index in [1.165, 1.54) is 5.56 Å². The second kappa shape index (κ2) is 12.5. The lowest BCUT2D eigenvalue weighted by atomic mass is 10.1. The fourth-order valence-corrected chi connectivity index (χ4v) is 1.82. The van der Waals surface area contributed by atoms with Crippen LogP contribution in [0.15, 0.2) is 23.2 Å². The van der Waals surface area contributed by atoms with E-state index in [2.05, 4.69) is 47.7 Å². The van der Waals surface area contributed by atoms with Crippen LogP contribution in [0.25, 0.3) is 0 Å². The first-order valence-electron chi connectivity index (χ1n) is 7.37. The van der Waals surface area contributed by atoms with E-state index in [9.17, 15) is 0 Å². The molecule has 5 nitrogen and oxygen atoms in total. The quantitative estimate of drug-likeness (QED) is 0.293. The molecular weight excluding hydrogens is 393 g/mol. The molecule has 1 aromatic carbocycles. The van der Waals surface area contributed by atoms with E-state index in [1.54, 1.807) is 14.2 Å². The van der Waals surface area contributed by atoms with E-state index in [0.29, 0.717) is 19.8 Å². The van der Waals surface area contributed by atoms with Gasteiger partial charge in [-0.05, 0) is 25.0 Å². The molecule has 0 spiro atoms. The van der Waals surface area contributed by atoms with Crippen molar-refractivity contribution in [1.29, 1.82) is 0 Å². The maximum atomic E-state index is 5.78. The molecule has 0 aliphatic rings. The second-order valence-electron chi connectivity index (χ2n) is 4.80. The van der Waals surface area contributed by atoms with Gasteiger partial charge >= 0.3 is 0 Å². The van der Waals surface area contributed by atoms with Gasteiger partial charge in [0, 0.05) is 32.8 Å². The highest BCUT2D eigenvalue weighted by atomic mass is 127. The van der Waals surface area contributed by atoms with Gasteiger partial charge in [-0.15, -0.1) is 24.0 Å². The maximum absolute atomic E-state index is 5.78. The number of guanidine groups is 1. The summed E-state index contributed by atoms with van der Waals surface area (Å²) in [7, 11) is 3.45. The Morgan fingerprint density at radius 1 is 1.23 bits per heavy atom. The van der Waals surface area contributed by atoms with Gasteiger partial charge in [0.2, 0.25) is 0 Å². The predicted octanol–water partition coefficient (Wildman–Crippen LogP) is 2.71. The number of aliphatic imine (C=N–C) groups is 1. The highest BCUT2D eigenvalue weighted by Crippen LogP contribution is 2.20. The van der Waals surface area contributed by atoms with Crippen molar-refractivity contribution < 1.29 is 9.47 Å². The Morgan fingerprint density at radius 3 is 2.64 bits per heavy atom. The lowest BCUT2D eigenvalue weighted by molar-refractivity contribution is 0.145.